The van der Waals surface area contributed by atoms with Crippen LogP contribution >= 0.6 is 11.3 Å². The Balaban J connectivity index is 1.86. The average Bonchev–Trinajstić information content (AvgIpc) is 3.20. The highest BCUT2D eigenvalue weighted by Crippen LogP contribution is 2.33. The molecule has 1 amide bonds. The standard InChI is InChI=1S/C18H16FN3O3S/c1-10-11(2)26-17(15(10)18(24)25-3)20-16(23)14-7-8-22(21-14)13-6-4-5-12(19)9-13/h4-9H,1-3H3,(H,20,23). The van der Waals surface area contributed by atoms with E-state index in [-0.39, 0.29) is 5.69 Å². The van der Waals surface area contributed by atoms with E-state index in [1.807, 2.05) is 6.92 Å². The highest BCUT2D eigenvalue weighted by Gasteiger charge is 2.22. The van der Waals surface area contributed by atoms with Crippen molar-refractivity contribution in [2.45, 2.75) is 13.8 Å². The number of halogens is 1. The van der Waals surface area contributed by atoms with E-state index in [9.17, 15) is 14.0 Å². The van der Waals surface area contributed by atoms with E-state index in [2.05, 4.69) is 10.4 Å². The number of amides is 1. The van der Waals surface area contributed by atoms with Crippen molar-refractivity contribution in [2.24, 2.45) is 0 Å². The molecule has 26 heavy (non-hydrogen) atoms. The van der Waals surface area contributed by atoms with Gasteiger partial charge >= 0.3 is 5.97 Å². The SMILES string of the molecule is COC(=O)c1c(NC(=O)c2ccn(-c3cccc(F)c3)n2)sc(C)c1C. The lowest BCUT2D eigenvalue weighted by molar-refractivity contribution is 0.0601. The molecule has 3 rings (SSSR count). The normalized spacial score (nSPS) is 10.6. The van der Waals surface area contributed by atoms with Crippen molar-refractivity contribution < 1.29 is 18.7 Å². The van der Waals surface area contributed by atoms with Gasteiger partial charge in [0.15, 0.2) is 5.69 Å². The van der Waals surface area contributed by atoms with Crippen LogP contribution in [0.5, 0.6) is 0 Å². The Hall–Kier alpha value is -3.00. The topological polar surface area (TPSA) is 73.2 Å². The molecule has 1 N–H and O–H groups in total. The molecule has 0 unspecified atom stereocenters. The predicted octanol–water partition coefficient (Wildman–Crippen LogP) is 3.73. The summed E-state index contributed by atoms with van der Waals surface area (Å²) in [5, 5.41) is 7.29. The van der Waals surface area contributed by atoms with Gasteiger partial charge in [-0.05, 0) is 43.7 Å². The lowest BCUT2D eigenvalue weighted by atomic mass is 10.1. The Morgan fingerprint density at radius 2 is 2.04 bits per heavy atom. The minimum atomic E-state index is -0.507. The molecule has 0 aliphatic heterocycles. The van der Waals surface area contributed by atoms with Crippen molar-refractivity contribution in [3.63, 3.8) is 0 Å². The molecule has 1 aromatic carbocycles. The summed E-state index contributed by atoms with van der Waals surface area (Å²) >= 11 is 1.30. The van der Waals surface area contributed by atoms with Gasteiger partial charge in [-0.1, -0.05) is 6.07 Å². The van der Waals surface area contributed by atoms with Crippen molar-refractivity contribution in [2.75, 3.05) is 12.4 Å². The Morgan fingerprint density at radius 1 is 1.27 bits per heavy atom. The fraction of sp³-hybridized carbons (Fsp3) is 0.167. The maximum absolute atomic E-state index is 13.3. The fourth-order valence-electron chi connectivity index (χ4n) is 2.44. The van der Waals surface area contributed by atoms with Crippen LogP contribution in [0.15, 0.2) is 36.5 Å². The first-order valence-electron chi connectivity index (χ1n) is 7.72. The van der Waals surface area contributed by atoms with Crippen LogP contribution in [-0.2, 0) is 4.74 Å². The lowest BCUT2D eigenvalue weighted by Crippen LogP contribution is -2.15. The van der Waals surface area contributed by atoms with Crippen LogP contribution in [0.2, 0.25) is 0 Å². The third-order valence-corrected chi connectivity index (χ3v) is 5.02. The minimum Gasteiger partial charge on any atom is -0.465 e. The second kappa shape index (κ2) is 7.09. The summed E-state index contributed by atoms with van der Waals surface area (Å²) < 4.78 is 19.5. The zero-order chi connectivity index (χ0) is 18.8. The van der Waals surface area contributed by atoms with Crippen LogP contribution in [0.25, 0.3) is 5.69 Å². The van der Waals surface area contributed by atoms with Crippen LogP contribution in [0.4, 0.5) is 9.39 Å². The van der Waals surface area contributed by atoms with Gasteiger partial charge in [0.05, 0.1) is 18.4 Å². The number of esters is 1. The van der Waals surface area contributed by atoms with E-state index in [1.54, 1.807) is 25.3 Å². The molecule has 0 spiro atoms. The van der Waals surface area contributed by atoms with Gasteiger partial charge in [-0.3, -0.25) is 4.79 Å². The van der Waals surface area contributed by atoms with Crippen LogP contribution in [0.3, 0.4) is 0 Å². The summed E-state index contributed by atoms with van der Waals surface area (Å²) in [6.45, 7) is 3.66. The van der Waals surface area contributed by atoms with Crippen molar-refractivity contribution in [3.8, 4) is 5.69 Å². The van der Waals surface area contributed by atoms with Crippen molar-refractivity contribution in [3.05, 3.63) is 64.0 Å². The molecular formula is C18H16FN3O3S. The largest absolute Gasteiger partial charge is 0.465 e. The predicted molar refractivity (Wildman–Crippen MR) is 96.6 cm³/mol. The third kappa shape index (κ3) is 3.36. The van der Waals surface area contributed by atoms with Gasteiger partial charge < -0.3 is 10.1 Å². The molecule has 0 saturated heterocycles. The summed E-state index contributed by atoms with van der Waals surface area (Å²) in [5.74, 6) is -1.37. The van der Waals surface area contributed by atoms with E-state index in [0.29, 0.717) is 16.3 Å². The number of carbonyl (C=O) groups is 2. The molecule has 0 atom stereocenters. The monoisotopic (exact) mass is 373 g/mol. The molecule has 2 heterocycles. The van der Waals surface area contributed by atoms with Crippen LogP contribution in [0, 0.1) is 19.7 Å². The number of aromatic nitrogens is 2. The number of aryl methyl sites for hydroxylation is 1. The van der Waals surface area contributed by atoms with Gasteiger partial charge in [-0.25, -0.2) is 13.9 Å². The molecule has 0 aliphatic carbocycles. The number of carbonyl (C=O) groups excluding carboxylic acids is 2. The number of methoxy groups -OCH3 is 1. The van der Waals surface area contributed by atoms with Crippen molar-refractivity contribution in [1.82, 2.24) is 9.78 Å². The maximum atomic E-state index is 13.3. The van der Waals surface area contributed by atoms with Crippen LogP contribution in [0.1, 0.15) is 31.3 Å². The quantitative estimate of drug-likeness (QED) is 0.707. The first kappa shape index (κ1) is 17.8. The molecule has 0 aliphatic rings. The highest BCUT2D eigenvalue weighted by molar-refractivity contribution is 7.16. The molecule has 0 fully saturated rings. The number of nitrogens with zero attached hydrogens (tertiary/aromatic N) is 2. The highest BCUT2D eigenvalue weighted by atomic mass is 32.1. The molecule has 6 nitrogen and oxygen atoms in total. The zero-order valence-electron chi connectivity index (χ0n) is 14.4. The molecule has 3 aromatic rings. The molecule has 0 saturated carbocycles. The number of rotatable bonds is 4. The van der Waals surface area contributed by atoms with Gasteiger partial charge in [-0.2, -0.15) is 5.10 Å². The second-order valence-corrected chi connectivity index (χ2v) is 6.78. The van der Waals surface area contributed by atoms with Gasteiger partial charge in [0.25, 0.3) is 5.91 Å². The Labute approximate surface area is 153 Å². The minimum absolute atomic E-state index is 0.147. The summed E-state index contributed by atoms with van der Waals surface area (Å²) in [7, 11) is 1.29. The Kier molecular flexibility index (Phi) is 4.85. The van der Waals surface area contributed by atoms with Gasteiger partial charge in [0.2, 0.25) is 0 Å². The number of ether oxygens (including phenoxy) is 1. The molecule has 0 radical (unpaired) electrons. The summed E-state index contributed by atoms with van der Waals surface area (Å²) in [5.41, 5.74) is 1.76. The smallest absolute Gasteiger partial charge is 0.341 e. The van der Waals surface area contributed by atoms with Crippen molar-refractivity contribution >= 4 is 28.2 Å². The number of benzene rings is 1. The molecule has 8 heteroatoms. The van der Waals surface area contributed by atoms with E-state index in [1.165, 1.54) is 41.3 Å². The average molecular weight is 373 g/mol. The summed E-state index contributed by atoms with van der Waals surface area (Å²) in [4.78, 5) is 25.4. The number of anilines is 1. The Morgan fingerprint density at radius 3 is 2.73 bits per heavy atom. The number of nitrogens with one attached hydrogen (secondary N) is 1. The molecule has 134 valence electrons. The van der Waals surface area contributed by atoms with Crippen molar-refractivity contribution in [1.29, 1.82) is 0 Å². The Bertz CT molecular complexity index is 993. The van der Waals surface area contributed by atoms with E-state index in [0.717, 1.165) is 10.4 Å². The van der Waals surface area contributed by atoms with E-state index in [4.69, 9.17) is 4.74 Å². The third-order valence-electron chi connectivity index (χ3n) is 3.90. The van der Waals surface area contributed by atoms with Gasteiger partial charge in [0.1, 0.15) is 10.8 Å². The number of hydrogen-bond acceptors (Lipinski definition) is 5. The first-order valence-corrected chi connectivity index (χ1v) is 8.53. The first-order chi connectivity index (χ1) is 12.4. The zero-order valence-corrected chi connectivity index (χ0v) is 15.2. The molecular weight excluding hydrogens is 357 g/mol. The number of hydrogen-bond donors (Lipinski definition) is 1. The molecule has 2 aromatic heterocycles. The maximum Gasteiger partial charge on any atom is 0.341 e. The molecule has 0 bridgehead atoms. The van der Waals surface area contributed by atoms with Gasteiger partial charge in [-0.15, -0.1) is 11.3 Å². The summed E-state index contributed by atoms with van der Waals surface area (Å²) in [6, 6.07) is 7.41. The number of thiophene rings is 1. The van der Waals surface area contributed by atoms with Crippen LogP contribution < -0.4 is 5.32 Å². The second-order valence-electron chi connectivity index (χ2n) is 5.56. The summed E-state index contributed by atoms with van der Waals surface area (Å²) in [6.07, 6.45) is 1.57. The lowest BCUT2D eigenvalue weighted by Gasteiger charge is -2.05. The van der Waals surface area contributed by atoms with Gasteiger partial charge in [0, 0.05) is 11.1 Å². The van der Waals surface area contributed by atoms with E-state index < -0.39 is 17.7 Å². The fourth-order valence-corrected chi connectivity index (χ4v) is 3.48. The van der Waals surface area contributed by atoms with Crippen LogP contribution in [-0.4, -0.2) is 28.8 Å². The van der Waals surface area contributed by atoms with E-state index >= 15 is 0 Å².